The van der Waals surface area contributed by atoms with Crippen molar-refractivity contribution in [1.29, 1.82) is 0 Å². The topological polar surface area (TPSA) is 38.5 Å². The summed E-state index contributed by atoms with van der Waals surface area (Å²) in [6.45, 7) is 5.34. The summed E-state index contributed by atoms with van der Waals surface area (Å²) in [5.41, 5.74) is 8.60. The number of ether oxygens (including phenoxy) is 1. The molecule has 0 bridgehead atoms. The lowest BCUT2D eigenvalue weighted by atomic mass is 9.99. The molecule has 1 atom stereocenters. The highest BCUT2D eigenvalue weighted by Gasteiger charge is 2.20. The van der Waals surface area contributed by atoms with E-state index in [0.29, 0.717) is 13.2 Å². The van der Waals surface area contributed by atoms with Crippen molar-refractivity contribution in [2.24, 2.45) is 5.73 Å². The Kier molecular flexibility index (Phi) is 6.39. The highest BCUT2D eigenvalue weighted by Crippen LogP contribution is 2.26. The van der Waals surface area contributed by atoms with E-state index in [2.05, 4.69) is 53.6 Å². The van der Waals surface area contributed by atoms with E-state index < -0.39 is 0 Å². The van der Waals surface area contributed by atoms with Crippen LogP contribution in [0.1, 0.15) is 29.0 Å². The lowest BCUT2D eigenvalue weighted by Crippen LogP contribution is -2.33. The molecule has 4 heteroatoms. The molecule has 0 aliphatic rings. The van der Waals surface area contributed by atoms with Gasteiger partial charge >= 0.3 is 0 Å². The first-order chi connectivity index (χ1) is 10.3. The molecule has 0 aliphatic carbocycles. The summed E-state index contributed by atoms with van der Waals surface area (Å²) in [6.07, 6.45) is 0. The van der Waals surface area contributed by atoms with Gasteiger partial charge in [0, 0.05) is 31.1 Å². The number of hydrogen-bond donors (Lipinski definition) is 1. The van der Waals surface area contributed by atoms with Crippen LogP contribution in [0.15, 0.2) is 41.8 Å². The summed E-state index contributed by atoms with van der Waals surface area (Å²) < 4.78 is 5.33. The van der Waals surface area contributed by atoms with Gasteiger partial charge in [0.05, 0.1) is 6.61 Å². The first kappa shape index (κ1) is 16.2. The van der Waals surface area contributed by atoms with Gasteiger partial charge in [0.2, 0.25) is 0 Å². The predicted octanol–water partition coefficient (Wildman–Crippen LogP) is 3.42. The number of likely N-dealkylation sites (N-methyl/N-ethyl adjacent to an activating group) is 1. The van der Waals surface area contributed by atoms with Crippen molar-refractivity contribution in [1.82, 2.24) is 4.90 Å². The Hall–Kier alpha value is -1.20. The fourth-order valence-corrected chi connectivity index (χ4v) is 3.39. The van der Waals surface area contributed by atoms with Crippen LogP contribution in [0.4, 0.5) is 0 Å². The molecule has 0 radical (unpaired) electrons. The number of rotatable bonds is 8. The highest BCUT2D eigenvalue weighted by molar-refractivity contribution is 7.09. The van der Waals surface area contributed by atoms with E-state index in [0.717, 1.165) is 13.1 Å². The van der Waals surface area contributed by atoms with Crippen LogP contribution in [0, 0.1) is 0 Å². The van der Waals surface area contributed by atoms with Gasteiger partial charge in [-0.25, -0.2) is 0 Å². The van der Waals surface area contributed by atoms with E-state index in [1.807, 2.05) is 0 Å². The molecule has 1 aromatic heterocycles. The maximum Gasteiger partial charge on any atom is 0.0716 e. The van der Waals surface area contributed by atoms with Gasteiger partial charge in [-0.3, -0.25) is 4.90 Å². The van der Waals surface area contributed by atoms with Gasteiger partial charge in [-0.05, 0) is 29.1 Å². The van der Waals surface area contributed by atoms with Gasteiger partial charge in [0.15, 0.2) is 0 Å². The highest BCUT2D eigenvalue weighted by atomic mass is 32.1. The fourth-order valence-electron chi connectivity index (χ4n) is 2.66. The van der Waals surface area contributed by atoms with E-state index >= 15 is 0 Å². The maximum absolute atomic E-state index is 6.10. The van der Waals surface area contributed by atoms with Crippen molar-refractivity contribution < 1.29 is 4.74 Å². The summed E-state index contributed by atoms with van der Waals surface area (Å²) in [6, 6.07) is 12.9. The summed E-state index contributed by atoms with van der Waals surface area (Å²) >= 11 is 1.80. The minimum Gasteiger partial charge on any atom is -0.380 e. The Bertz CT molecular complexity index is 527. The van der Waals surface area contributed by atoms with Gasteiger partial charge in [0.1, 0.15) is 0 Å². The normalized spacial score (nSPS) is 12.8. The number of nitrogens with two attached hydrogens (primary N) is 1. The van der Waals surface area contributed by atoms with Crippen LogP contribution >= 0.6 is 11.3 Å². The molecule has 2 aromatic rings. The average molecular weight is 304 g/mol. The van der Waals surface area contributed by atoms with Crippen molar-refractivity contribution in [2.45, 2.75) is 26.1 Å². The van der Waals surface area contributed by atoms with Crippen LogP contribution in [-0.2, 0) is 17.9 Å². The standard InChI is InChI=1S/C17H24N2OS/c1-3-19(12-15-8-6-10-21-15)17(11-18)16-9-5-4-7-14(16)13-20-2/h4-10,17H,3,11-13,18H2,1-2H3. The molecule has 114 valence electrons. The van der Waals surface area contributed by atoms with Crippen molar-refractivity contribution in [3.05, 3.63) is 57.8 Å². The summed E-state index contributed by atoms with van der Waals surface area (Å²) in [5, 5.41) is 2.12. The molecule has 0 amide bonds. The van der Waals surface area contributed by atoms with Gasteiger partial charge in [-0.1, -0.05) is 37.3 Å². The zero-order valence-electron chi connectivity index (χ0n) is 12.8. The Morgan fingerprint density at radius 3 is 2.67 bits per heavy atom. The second-order valence-corrected chi connectivity index (χ2v) is 6.06. The zero-order valence-corrected chi connectivity index (χ0v) is 13.6. The first-order valence-electron chi connectivity index (χ1n) is 7.33. The number of benzene rings is 1. The number of methoxy groups -OCH3 is 1. The Balaban J connectivity index is 2.24. The first-order valence-corrected chi connectivity index (χ1v) is 8.21. The summed E-state index contributed by atoms with van der Waals surface area (Å²) in [5.74, 6) is 0. The predicted molar refractivity (Wildman–Crippen MR) is 89.4 cm³/mol. The third-order valence-corrected chi connectivity index (χ3v) is 4.58. The van der Waals surface area contributed by atoms with Crippen LogP contribution in [0.5, 0.6) is 0 Å². The van der Waals surface area contributed by atoms with Crippen molar-refractivity contribution in [3.63, 3.8) is 0 Å². The molecule has 0 aliphatic heterocycles. The van der Waals surface area contributed by atoms with Gasteiger partial charge in [0.25, 0.3) is 0 Å². The van der Waals surface area contributed by atoms with E-state index in [1.54, 1.807) is 18.4 Å². The second kappa shape index (κ2) is 8.29. The molecule has 2 rings (SSSR count). The third kappa shape index (κ3) is 4.14. The Labute approximate surface area is 131 Å². The molecule has 21 heavy (non-hydrogen) atoms. The maximum atomic E-state index is 6.10. The molecule has 0 saturated heterocycles. The molecule has 0 saturated carbocycles. The van der Waals surface area contributed by atoms with Crippen molar-refractivity contribution in [3.8, 4) is 0 Å². The minimum absolute atomic E-state index is 0.225. The smallest absolute Gasteiger partial charge is 0.0716 e. The van der Waals surface area contributed by atoms with E-state index in [9.17, 15) is 0 Å². The average Bonchev–Trinajstić information content (AvgIpc) is 3.02. The van der Waals surface area contributed by atoms with E-state index in [-0.39, 0.29) is 6.04 Å². The molecule has 2 N–H and O–H groups in total. The second-order valence-electron chi connectivity index (χ2n) is 5.03. The molecule has 1 unspecified atom stereocenters. The molecular weight excluding hydrogens is 280 g/mol. The molecule has 0 fully saturated rings. The van der Waals surface area contributed by atoms with Crippen molar-refractivity contribution >= 4 is 11.3 Å². The SMILES string of the molecule is CCN(Cc1cccs1)C(CN)c1ccccc1COC. The van der Waals surface area contributed by atoms with Gasteiger partial charge < -0.3 is 10.5 Å². The molecular formula is C17H24N2OS. The van der Waals surface area contributed by atoms with Crippen LogP contribution in [0.25, 0.3) is 0 Å². The van der Waals surface area contributed by atoms with E-state index in [4.69, 9.17) is 10.5 Å². The quantitative estimate of drug-likeness (QED) is 0.812. The van der Waals surface area contributed by atoms with Gasteiger partial charge in [-0.2, -0.15) is 0 Å². The summed E-state index contributed by atoms with van der Waals surface area (Å²) in [4.78, 5) is 3.81. The number of hydrogen-bond acceptors (Lipinski definition) is 4. The Morgan fingerprint density at radius 1 is 1.24 bits per heavy atom. The monoisotopic (exact) mass is 304 g/mol. The molecule has 3 nitrogen and oxygen atoms in total. The minimum atomic E-state index is 0.225. The van der Waals surface area contributed by atoms with E-state index in [1.165, 1.54) is 16.0 Å². The number of thiophene rings is 1. The zero-order chi connectivity index (χ0) is 15.1. The molecule has 0 spiro atoms. The van der Waals surface area contributed by atoms with Crippen LogP contribution < -0.4 is 5.73 Å². The molecule has 1 heterocycles. The third-order valence-electron chi connectivity index (χ3n) is 3.72. The van der Waals surface area contributed by atoms with Crippen LogP contribution in [0.3, 0.4) is 0 Å². The lowest BCUT2D eigenvalue weighted by molar-refractivity contribution is 0.175. The molecule has 1 aromatic carbocycles. The summed E-state index contributed by atoms with van der Waals surface area (Å²) in [7, 11) is 1.73. The van der Waals surface area contributed by atoms with Crippen LogP contribution in [-0.4, -0.2) is 25.1 Å². The van der Waals surface area contributed by atoms with Crippen molar-refractivity contribution in [2.75, 3.05) is 20.2 Å². The largest absolute Gasteiger partial charge is 0.380 e. The van der Waals surface area contributed by atoms with Gasteiger partial charge in [-0.15, -0.1) is 11.3 Å². The lowest BCUT2D eigenvalue weighted by Gasteiger charge is -2.31. The number of nitrogens with zero attached hydrogens (tertiary/aromatic N) is 1. The van der Waals surface area contributed by atoms with Crippen LogP contribution in [0.2, 0.25) is 0 Å². The fraction of sp³-hybridized carbons (Fsp3) is 0.412. The Morgan fingerprint density at radius 2 is 2.05 bits per heavy atom.